The number of aromatic nitrogens is 2. The molecule has 0 spiro atoms. The van der Waals surface area contributed by atoms with E-state index in [-0.39, 0.29) is 24.4 Å². The maximum Gasteiger partial charge on any atom is 0.269 e. The normalized spacial score (nSPS) is 16.1. The van der Waals surface area contributed by atoms with Crippen LogP contribution in [0.2, 0.25) is 0 Å². The van der Waals surface area contributed by atoms with Gasteiger partial charge in [0.2, 0.25) is 5.91 Å². The zero-order valence-electron chi connectivity index (χ0n) is 13.5. The van der Waals surface area contributed by atoms with Crippen molar-refractivity contribution in [1.29, 1.82) is 0 Å². The van der Waals surface area contributed by atoms with Crippen LogP contribution in [0.5, 0.6) is 0 Å². The molecule has 1 fully saturated rings. The van der Waals surface area contributed by atoms with Crippen LogP contribution >= 0.6 is 0 Å². The minimum absolute atomic E-state index is 0.0171. The van der Waals surface area contributed by atoms with Crippen LogP contribution in [-0.4, -0.2) is 34.2 Å². The van der Waals surface area contributed by atoms with Crippen molar-refractivity contribution in [2.45, 2.75) is 65.0 Å². The quantitative estimate of drug-likeness (QED) is 0.814. The van der Waals surface area contributed by atoms with Crippen LogP contribution in [-0.2, 0) is 11.3 Å². The highest BCUT2D eigenvalue weighted by Crippen LogP contribution is 2.16. The second-order valence-electron chi connectivity index (χ2n) is 5.93. The van der Waals surface area contributed by atoms with Gasteiger partial charge in [0.05, 0.1) is 12.2 Å². The Morgan fingerprint density at radius 3 is 2.59 bits per heavy atom. The van der Waals surface area contributed by atoms with Gasteiger partial charge in [0.25, 0.3) is 5.91 Å². The Labute approximate surface area is 131 Å². The van der Waals surface area contributed by atoms with Gasteiger partial charge in [-0.2, -0.15) is 5.10 Å². The molecule has 22 heavy (non-hydrogen) atoms. The Balaban J connectivity index is 1.81. The Morgan fingerprint density at radius 2 is 1.95 bits per heavy atom. The summed E-state index contributed by atoms with van der Waals surface area (Å²) in [6.07, 6.45) is 6.94. The van der Waals surface area contributed by atoms with E-state index < -0.39 is 0 Å². The lowest BCUT2D eigenvalue weighted by molar-refractivity contribution is -0.120. The molecule has 122 valence electrons. The molecule has 2 rings (SSSR count). The van der Waals surface area contributed by atoms with Crippen LogP contribution in [0.4, 0.5) is 0 Å². The Bertz CT molecular complexity index is 516. The fourth-order valence-corrected chi connectivity index (χ4v) is 2.92. The highest BCUT2D eigenvalue weighted by Gasteiger charge is 2.17. The van der Waals surface area contributed by atoms with Crippen molar-refractivity contribution in [2.75, 3.05) is 6.54 Å². The molecule has 1 aliphatic carbocycles. The van der Waals surface area contributed by atoms with Crippen LogP contribution in [0.1, 0.15) is 61.6 Å². The van der Waals surface area contributed by atoms with E-state index >= 15 is 0 Å². The maximum absolute atomic E-state index is 12.1. The predicted molar refractivity (Wildman–Crippen MR) is 84.6 cm³/mol. The van der Waals surface area contributed by atoms with Gasteiger partial charge >= 0.3 is 0 Å². The lowest BCUT2D eigenvalue weighted by Gasteiger charge is -2.16. The van der Waals surface area contributed by atoms with Gasteiger partial charge in [-0.25, -0.2) is 0 Å². The molecule has 0 aromatic carbocycles. The van der Waals surface area contributed by atoms with E-state index in [9.17, 15) is 9.59 Å². The van der Waals surface area contributed by atoms with Crippen molar-refractivity contribution >= 4 is 11.8 Å². The van der Waals surface area contributed by atoms with Gasteiger partial charge in [-0.3, -0.25) is 14.3 Å². The lowest BCUT2D eigenvalue weighted by Crippen LogP contribution is -2.42. The monoisotopic (exact) mass is 306 g/mol. The summed E-state index contributed by atoms with van der Waals surface area (Å²) in [6, 6.07) is 2.00. The minimum atomic E-state index is -0.251. The summed E-state index contributed by atoms with van der Waals surface area (Å²) in [7, 11) is 0. The average Bonchev–Trinajstić information content (AvgIpc) is 2.70. The third-order valence-corrected chi connectivity index (χ3v) is 4.06. The van der Waals surface area contributed by atoms with E-state index in [0.29, 0.717) is 12.2 Å². The summed E-state index contributed by atoms with van der Waals surface area (Å²) in [5.41, 5.74) is 1.30. The van der Waals surface area contributed by atoms with Crippen LogP contribution in [0, 0.1) is 6.92 Å². The first-order chi connectivity index (χ1) is 10.6. The molecule has 1 aromatic heterocycles. The number of carbonyl (C=O) groups is 2. The molecule has 0 bridgehead atoms. The molecule has 0 atom stereocenters. The molecular weight excluding hydrogens is 280 g/mol. The lowest BCUT2D eigenvalue weighted by atomic mass is 10.1. The molecule has 1 aliphatic rings. The van der Waals surface area contributed by atoms with Crippen LogP contribution < -0.4 is 10.6 Å². The molecule has 6 nitrogen and oxygen atoms in total. The fraction of sp³-hybridized carbons (Fsp3) is 0.688. The third-order valence-electron chi connectivity index (χ3n) is 4.06. The summed E-state index contributed by atoms with van der Waals surface area (Å²) >= 11 is 0. The average molecular weight is 306 g/mol. The van der Waals surface area contributed by atoms with Crippen molar-refractivity contribution in [3.63, 3.8) is 0 Å². The smallest absolute Gasteiger partial charge is 0.269 e. The van der Waals surface area contributed by atoms with Crippen molar-refractivity contribution < 1.29 is 9.59 Å². The molecule has 1 aromatic rings. The molecule has 0 saturated heterocycles. The highest BCUT2D eigenvalue weighted by molar-refractivity contribution is 5.95. The van der Waals surface area contributed by atoms with Gasteiger partial charge in [0.15, 0.2) is 0 Å². The second-order valence-corrected chi connectivity index (χ2v) is 5.93. The molecular formula is C16H26N4O2. The summed E-state index contributed by atoms with van der Waals surface area (Å²) < 4.78 is 1.65. The largest absolute Gasteiger partial charge is 0.352 e. The van der Waals surface area contributed by atoms with E-state index in [2.05, 4.69) is 15.7 Å². The van der Waals surface area contributed by atoms with Gasteiger partial charge in [0.1, 0.15) is 5.69 Å². The topological polar surface area (TPSA) is 76.0 Å². The van der Waals surface area contributed by atoms with Gasteiger partial charge in [-0.15, -0.1) is 0 Å². The maximum atomic E-state index is 12.1. The van der Waals surface area contributed by atoms with E-state index in [4.69, 9.17) is 0 Å². The summed E-state index contributed by atoms with van der Waals surface area (Å²) in [6.45, 7) is 4.43. The van der Waals surface area contributed by atoms with Crippen molar-refractivity contribution in [1.82, 2.24) is 20.4 Å². The first kappa shape index (κ1) is 16.5. The standard InChI is InChI=1S/C16H26N4O2/c1-3-20-14(10-12(2)19-20)16(22)17-11-15(21)18-13-8-6-4-5-7-9-13/h10,13H,3-9,11H2,1-2H3,(H,17,22)(H,18,21). The Hall–Kier alpha value is -1.85. The van der Waals surface area contributed by atoms with E-state index in [1.165, 1.54) is 25.7 Å². The number of hydrogen-bond acceptors (Lipinski definition) is 3. The fourth-order valence-electron chi connectivity index (χ4n) is 2.92. The Kier molecular flexibility index (Phi) is 5.98. The van der Waals surface area contributed by atoms with Crippen LogP contribution in [0.3, 0.4) is 0 Å². The number of carbonyl (C=O) groups excluding carboxylic acids is 2. The molecule has 2 N–H and O–H groups in total. The Morgan fingerprint density at radius 1 is 1.27 bits per heavy atom. The van der Waals surface area contributed by atoms with E-state index in [1.807, 2.05) is 13.8 Å². The zero-order valence-corrected chi connectivity index (χ0v) is 13.5. The van der Waals surface area contributed by atoms with Crippen molar-refractivity contribution in [2.24, 2.45) is 0 Å². The molecule has 6 heteroatoms. The molecule has 2 amide bonds. The zero-order chi connectivity index (χ0) is 15.9. The minimum Gasteiger partial charge on any atom is -0.352 e. The number of nitrogens with one attached hydrogen (secondary N) is 2. The van der Waals surface area contributed by atoms with Crippen molar-refractivity contribution in [3.05, 3.63) is 17.5 Å². The first-order valence-corrected chi connectivity index (χ1v) is 8.22. The number of aryl methyl sites for hydroxylation is 2. The highest BCUT2D eigenvalue weighted by atomic mass is 16.2. The number of rotatable bonds is 5. The van der Waals surface area contributed by atoms with Gasteiger partial charge in [0, 0.05) is 12.6 Å². The summed E-state index contributed by atoms with van der Waals surface area (Å²) in [5, 5.41) is 9.94. The predicted octanol–water partition coefficient (Wildman–Crippen LogP) is 1.78. The van der Waals surface area contributed by atoms with Gasteiger partial charge in [-0.05, 0) is 32.8 Å². The van der Waals surface area contributed by atoms with Gasteiger partial charge in [-0.1, -0.05) is 25.7 Å². The number of nitrogens with zero attached hydrogens (tertiary/aromatic N) is 2. The molecule has 0 radical (unpaired) electrons. The molecule has 0 aliphatic heterocycles. The third kappa shape index (κ3) is 4.58. The molecule has 0 unspecified atom stereocenters. The molecule has 1 heterocycles. The SMILES string of the molecule is CCn1nc(C)cc1C(=O)NCC(=O)NC1CCCCCC1. The van der Waals surface area contributed by atoms with Crippen LogP contribution in [0.25, 0.3) is 0 Å². The van der Waals surface area contributed by atoms with Gasteiger partial charge < -0.3 is 10.6 Å². The van der Waals surface area contributed by atoms with E-state index in [1.54, 1.807) is 10.7 Å². The summed E-state index contributed by atoms with van der Waals surface area (Å²) in [4.78, 5) is 24.1. The molecule has 1 saturated carbocycles. The first-order valence-electron chi connectivity index (χ1n) is 8.22. The summed E-state index contributed by atoms with van der Waals surface area (Å²) in [5.74, 6) is -0.363. The van der Waals surface area contributed by atoms with Crippen LogP contribution in [0.15, 0.2) is 6.07 Å². The number of amides is 2. The van der Waals surface area contributed by atoms with E-state index in [0.717, 1.165) is 18.5 Å². The number of hydrogen-bond donors (Lipinski definition) is 2. The second kappa shape index (κ2) is 7.96. The van der Waals surface area contributed by atoms with Crippen molar-refractivity contribution in [3.8, 4) is 0 Å².